The van der Waals surface area contributed by atoms with E-state index < -0.39 is 0 Å². The molecule has 1 aliphatic rings. The number of ether oxygens (including phenoxy) is 1. The van der Waals surface area contributed by atoms with Crippen molar-refractivity contribution in [1.29, 1.82) is 0 Å². The van der Waals surface area contributed by atoms with Crippen molar-refractivity contribution in [2.75, 3.05) is 13.7 Å². The van der Waals surface area contributed by atoms with Gasteiger partial charge in [0.1, 0.15) is 11.6 Å². The predicted molar refractivity (Wildman–Crippen MR) is 140 cm³/mol. The fourth-order valence-electron chi connectivity index (χ4n) is 5.06. The molecule has 0 aliphatic carbocycles. The topological polar surface area (TPSA) is 65.2 Å². The summed E-state index contributed by atoms with van der Waals surface area (Å²) in [5.41, 5.74) is 3.96. The number of fused-ring (bicyclic) bond motifs is 1. The highest BCUT2D eigenvalue weighted by Gasteiger charge is 2.36. The summed E-state index contributed by atoms with van der Waals surface area (Å²) < 4.78 is 9.85. The van der Waals surface area contributed by atoms with E-state index >= 15 is 0 Å². The first-order valence-electron chi connectivity index (χ1n) is 12.6. The van der Waals surface area contributed by atoms with Crippen LogP contribution in [0.1, 0.15) is 43.4 Å². The first-order chi connectivity index (χ1) is 17.6. The maximum atomic E-state index is 13.7. The third-order valence-electron chi connectivity index (χ3n) is 7.20. The summed E-state index contributed by atoms with van der Waals surface area (Å²) in [6.07, 6.45) is 6.99. The van der Waals surface area contributed by atoms with Crippen molar-refractivity contribution in [2.45, 2.75) is 45.8 Å². The van der Waals surface area contributed by atoms with Crippen molar-refractivity contribution in [3.8, 4) is 17.0 Å². The molecule has 2 unspecified atom stereocenters. The third-order valence-corrected chi connectivity index (χ3v) is 7.20. The number of rotatable bonds is 8. The lowest BCUT2D eigenvalue weighted by atomic mass is 9.95. The van der Waals surface area contributed by atoms with Crippen LogP contribution >= 0.6 is 0 Å². The van der Waals surface area contributed by atoms with E-state index in [-0.39, 0.29) is 17.9 Å². The van der Waals surface area contributed by atoms with Gasteiger partial charge in [0.15, 0.2) is 0 Å². The first-order valence-corrected chi connectivity index (χ1v) is 12.6. The van der Waals surface area contributed by atoms with Gasteiger partial charge < -0.3 is 18.8 Å². The Morgan fingerprint density at radius 3 is 2.67 bits per heavy atom. The quantitative estimate of drug-likeness (QED) is 0.355. The van der Waals surface area contributed by atoms with Crippen LogP contribution in [0.4, 0.5) is 0 Å². The maximum absolute atomic E-state index is 13.7. The second kappa shape index (κ2) is 10.4. The van der Waals surface area contributed by atoms with Gasteiger partial charge >= 0.3 is 0 Å². The Balaban J connectivity index is 1.41. The van der Waals surface area contributed by atoms with Gasteiger partial charge in [-0.15, -0.1) is 0 Å². The lowest BCUT2D eigenvalue weighted by molar-refractivity contribution is -0.135. The van der Waals surface area contributed by atoms with Gasteiger partial charge in [-0.1, -0.05) is 62.7 Å². The second-order valence-electron chi connectivity index (χ2n) is 9.47. The van der Waals surface area contributed by atoms with E-state index in [1.165, 1.54) is 5.56 Å². The molecule has 4 aromatic rings. The molecule has 7 heteroatoms. The van der Waals surface area contributed by atoms with Gasteiger partial charge in [0.05, 0.1) is 31.6 Å². The highest BCUT2D eigenvalue weighted by Crippen LogP contribution is 2.37. The Bertz CT molecular complexity index is 1330. The Kier molecular flexibility index (Phi) is 6.89. The number of hydrogen-bond acceptors (Lipinski definition) is 4. The van der Waals surface area contributed by atoms with Gasteiger partial charge in [-0.3, -0.25) is 4.79 Å². The van der Waals surface area contributed by atoms with E-state index in [1.54, 1.807) is 7.11 Å². The van der Waals surface area contributed by atoms with Gasteiger partial charge in [0.25, 0.3) is 0 Å². The molecule has 0 spiro atoms. The third kappa shape index (κ3) is 4.65. The number of para-hydroxylation sites is 1. The average Bonchev–Trinajstić information content (AvgIpc) is 3.54. The summed E-state index contributed by atoms with van der Waals surface area (Å²) in [6.45, 7) is 6.46. The molecule has 0 N–H and O–H groups in total. The van der Waals surface area contributed by atoms with Crippen molar-refractivity contribution in [1.82, 2.24) is 24.0 Å². The predicted octanol–water partition coefficient (Wildman–Crippen LogP) is 4.98. The van der Waals surface area contributed by atoms with Crippen LogP contribution in [0.25, 0.3) is 11.3 Å². The number of nitrogens with zero attached hydrogens (tertiary/aromatic N) is 5. The van der Waals surface area contributed by atoms with Crippen molar-refractivity contribution < 1.29 is 9.53 Å². The van der Waals surface area contributed by atoms with Crippen molar-refractivity contribution in [3.63, 3.8) is 0 Å². The summed E-state index contributed by atoms with van der Waals surface area (Å²) in [5.74, 6) is 2.13. The SMILES string of the molecule is CCC(C)C1c2nc(-c3ccccc3OC)cn2CCN1C(=O)Cc1cncn1Cc1ccccc1. The molecule has 0 fully saturated rings. The average molecular weight is 484 g/mol. The van der Waals surface area contributed by atoms with E-state index in [0.717, 1.165) is 41.5 Å². The molecule has 2 aromatic heterocycles. The van der Waals surface area contributed by atoms with E-state index in [1.807, 2.05) is 59.9 Å². The molecule has 0 saturated carbocycles. The number of imidazole rings is 2. The second-order valence-corrected chi connectivity index (χ2v) is 9.47. The van der Waals surface area contributed by atoms with Crippen LogP contribution in [0.15, 0.2) is 73.3 Å². The molecule has 2 atom stereocenters. The highest BCUT2D eigenvalue weighted by atomic mass is 16.5. The maximum Gasteiger partial charge on any atom is 0.229 e. The molecule has 186 valence electrons. The number of carbonyl (C=O) groups excluding carboxylic acids is 1. The Morgan fingerprint density at radius 1 is 1.11 bits per heavy atom. The highest BCUT2D eigenvalue weighted by molar-refractivity contribution is 5.79. The van der Waals surface area contributed by atoms with Gasteiger partial charge in [0.2, 0.25) is 5.91 Å². The fraction of sp³-hybridized carbons (Fsp3) is 0.345. The zero-order valence-electron chi connectivity index (χ0n) is 21.2. The number of aromatic nitrogens is 4. The first kappa shape index (κ1) is 23.9. The van der Waals surface area contributed by atoms with E-state index in [0.29, 0.717) is 19.5 Å². The van der Waals surface area contributed by atoms with Crippen molar-refractivity contribution in [2.24, 2.45) is 5.92 Å². The minimum absolute atomic E-state index is 0.0785. The van der Waals surface area contributed by atoms with Gasteiger partial charge in [-0.05, 0) is 23.6 Å². The molecule has 1 aliphatic heterocycles. The summed E-state index contributed by atoms with van der Waals surface area (Å²) in [4.78, 5) is 25.1. The number of amides is 1. The van der Waals surface area contributed by atoms with Crippen LogP contribution < -0.4 is 4.74 Å². The molecule has 2 aromatic carbocycles. The number of benzene rings is 2. The summed E-state index contributed by atoms with van der Waals surface area (Å²) in [5, 5.41) is 0. The molecule has 0 radical (unpaired) electrons. The zero-order valence-corrected chi connectivity index (χ0v) is 21.2. The molecule has 5 rings (SSSR count). The largest absolute Gasteiger partial charge is 0.496 e. The lowest BCUT2D eigenvalue weighted by Gasteiger charge is -2.39. The molecule has 7 nitrogen and oxygen atoms in total. The number of hydrogen-bond donors (Lipinski definition) is 0. The van der Waals surface area contributed by atoms with Crippen molar-refractivity contribution in [3.05, 3.63) is 90.4 Å². The monoisotopic (exact) mass is 483 g/mol. The summed E-state index contributed by atoms with van der Waals surface area (Å²) >= 11 is 0. The Labute approximate surface area is 212 Å². The van der Waals surface area contributed by atoms with Gasteiger partial charge in [-0.2, -0.15) is 0 Å². The summed E-state index contributed by atoms with van der Waals surface area (Å²) in [6, 6.07) is 18.1. The van der Waals surface area contributed by atoms with Gasteiger partial charge in [0, 0.05) is 43.3 Å². The molecular weight excluding hydrogens is 450 g/mol. The van der Waals surface area contributed by atoms with Gasteiger partial charge in [-0.25, -0.2) is 9.97 Å². The van der Waals surface area contributed by atoms with Crippen LogP contribution in [-0.4, -0.2) is 43.6 Å². The van der Waals surface area contributed by atoms with Crippen molar-refractivity contribution >= 4 is 5.91 Å². The van der Waals surface area contributed by atoms with Crippen LogP contribution in [-0.2, 0) is 24.3 Å². The standard InChI is InChI=1S/C29H33N5O2/c1-4-21(2)28-29-31-25(24-12-8-9-13-26(24)36-3)19-32(29)14-15-34(28)27(35)16-23-17-30-20-33(23)18-22-10-6-5-7-11-22/h5-13,17,19-21,28H,4,14-16,18H2,1-3H3. The van der Waals surface area contributed by atoms with Crippen LogP contribution in [0.2, 0.25) is 0 Å². The van der Waals surface area contributed by atoms with E-state index in [2.05, 4.69) is 46.3 Å². The van der Waals surface area contributed by atoms with Crippen LogP contribution in [0.3, 0.4) is 0 Å². The molecule has 0 bridgehead atoms. The summed E-state index contributed by atoms with van der Waals surface area (Å²) in [7, 11) is 1.68. The van der Waals surface area contributed by atoms with E-state index in [4.69, 9.17) is 9.72 Å². The minimum atomic E-state index is -0.0785. The van der Waals surface area contributed by atoms with Crippen LogP contribution in [0, 0.1) is 5.92 Å². The van der Waals surface area contributed by atoms with Crippen LogP contribution in [0.5, 0.6) is 5.75 Å². The Morgan fingerprint density at radius 2 is 1.89 bits per heavy atom. The minimum Gasteiger partial charge on any atom is -0.496 e. The molecule has 0 saturated heterocycles. The molecule has 36 heavy (non-hydrogen) atoms. The number of methoxy groups -OCH3 is 1. The normalized spacial score (nSPS) is 16.0. The fourth-order valence-corrected chi connectivity index (χ4v) is 5.06. The molecular formula is C29H33N5O2. The smallest absolute Gasteiger partial charge is 0.229 e. The molecule has 1 amide bonds. The lowest BCUT2D eigenvalue weighted by Crippen LogP contribution is -2.45. The van der Waals surface area contributed by atoms with E-state index in [9.17, 15) is 4.79 Å². The number of carbonyl (C=O) groups is 1. The molecule has 3 heterocycles. The Hall–Kier alpha value is -3.87. The zero-order chi connectivity index (χ0) is 25.1.